The maximum absolute atomic E-state index is 12.8. The van der Waals surface area contributed by atoms with E-state index < -0.39 is 6.10 Å². The summed E-state index contributed by atoms with van der Waals surface area (Å²) < 4.78 is 5.90. The minimum atomic E-state index is -0.578. The molecule has 120 valence electrons. The van der Waals surface area contributed by atoms with Crippen LogP contribution in [0.4, 0.5) is 11.4 Å². The first-order valence-corrected chi connectivity index (χ1v) is 7.71. The number of amides is 1. The molecule has 1 amide bonds. The Labute approximate surface area is 135 Å². The van der Waals surface area contributed by atoms with Gasteiger partial charge in [0.1, 0.15) is 5.75 Å². The first-order chi connectivity index (χ1) is 11.2. The van der Waals surface area contributed by atoms with Gasteiger partial charge in [-0.1, -0.05) is 24.3 Å². The van der Waals surface area contributed by atoms with E-state index in [-0.39, 0.29) is 12.5 Å². The number of nitrogens with zero attached hydrogens (tertiary/aromatic N) is 1. The molecule has 0 fully saturated rings. The summed E-state index contributed by atoms with van der Waals surface area (Å²) >= 11 is 0. The van der Waals surface area contributed by atoms with Crippen LogP contribution in [-0.4, -0.2) is 30.3 Å². The van der Waals surface area contributed by atoms with E-state index in [1.54, 1.807) is 4.90 Å². The molecule has 1 unspecified atom stereocenters. The van der Waals surface area contributed by atoms with Crippen molar-refractivity contribution in [1.82, 2.24) is 0 Å². The molecular weight excluding hydrogens is 292 g/mol. The van der Waals surface area contributed by atoms with E-state index in [1.165, 1.54) is 0 Å². The van der Waals surface area contributed by atoms with E-state index in [4.69, 9.17) is 15.6 Å². The number of nitrogens with two attached hydrogens (primary N) is 1. The number of fused-ring (bicyclic) bond motifs is 1. The lowest BCUT2D eigenvalue weighted by atomic mass is 10.0. The van der Waals surface area contributed by atoms with Gasteiger partial charge in [0.2, 0.25) is 0 Å². The fraction of sp³-hybridized carbons (Fsp3) is 0.278. The van der Waals surface area contributed by atoms with Crippen LogP contribution in [0.15, 0.2) is 48.5 Å². The van der Waals surface area contributed by atoms with Gasteiger partial charge >= 0.3 is 0 Å². The number of rotatable bonds is 5. The molecule has 23 heavy (non-hydrogen) atoms. The van der Waals surface area contributed by atoms with E-state index in [0.717, 1.165) is 11.3 Å². The van der Waals surface area contributed by atoms with Crippen molar-refractivity contribution >= 4 is 17.3 Å². The second-order valence-electron chi connectivity index (χ2n) is 5.59. The number of ether oxygens (including phenoxy) is 1. The van der Waals surface area contributed by atoms with Crippen molar-refractivity contribution in [3.63, 3.8) is 0 Å². The number of carbonyl (C=O) groups is 1. The molecule has 0 saturated heterocycles. The van der Waals surface area contributed by atoms with E-state index in [2.05, 4.69) is 0 Å². The third-order valence-corrected chi connectivity index (χ3v) is 3.88. The minimum absolute atomic E-state index is 0.0483. The van der Waals surface area contributed by atoms with Gasteiger partial charge in [0.25, 0.3) is 5.91 Å². The van der Waals surface area contributed by atoms with Gasteiger partial charge in [-0.15, -0.1) is 0 Å². The lowest BCUT2D eigenvalue weighted by Crippen LogP contribution is -2.47. The number of hydrogen-bond acceptors (Lipinski definition) is 4. The number of aliphatic hydroxyl groups is 1. The average molecular weight is 312 g/mol. The summed E-state index contributed by atoms with van der Waals surface area (Å²) in [5.74, 6) is 0.610. The maximum Gasteiger partial charge on any atom is 0.268 e. The lowest BCUT2D eigenvalue weighted by Gasteiger charge is -2.34. The van der Waals surface area contributed by atoms with Gasteiger partial charge in [-0.3, -0.25) is 4.79 Å². The number of benzene rings is 2. The molecule has 1 atom stereocenters. The minimum Gasteiger partial charge on any atom is -0.478 e. The zero-order valence-electron chi connectivity index (χ0n) is 12.8. The van der Waals surface area contributed by atoms with E-state index >= 15 is 0 Å². The Bertz CT molecular complexity index is 702. The summed E-state index contributed by atoms with van der Waals surface area (Å²) in [4.78, 5) is 14.5. The SMILES string of the molecule is Nc1cccc(CC2Oc3ccccc3N(CCCO)C2=O)c1. The van der Waals surface area contributed by atoms with Crippen LogP contribution in [-0.2, 0) is 11.2 Å². The molecule has 1 heterocycles. The molecular formula is C18H20N2O3. The number of aliphatic hydroxyl groups excluding tert-OH is 1. The molecule has 2 aromatic carbocycles. The zero-order chi connectivity index (χ0) is 16.2. The molecule has 0 saturated carbocycles. The van der Waals surface area contributed by atoms with Crippen molar-refractivity contribution in [2.24, 2.45) is 0 Å². The Morgan fingerprint density at radius 3 is 2.78 bits per heavy atom. The second kappa shape index (κ2) is 6.71. The predicted octanol–water partition coefficient (Wildman–Crippen LogP) is 1.99. The molecule has 0 radical (unpaired) electrons. The molecule has 0 aliphatic carbocycles. The first kappa shape index (κ1) is 15.4. The summed E-state index contributed by atoms with van der Waals surface area (Å²) in [6, 6.07) is 15.0. The zero-order valence-corrected chi connectivity index (χ0v) is 12.8. The summed E-state index contributed by atoms with van der Waals surface area (Å²) in [6.07, 6.45) is 0.421. The van der Waals surface area contributed by atoms with Crippen molar-refractivity contribution in [2.45, 2.75) is 18.9 Å². The van der Waals surface area contributed by atoms with Gasteiger partial charge in [-0.25, -0.2) is 0 Å². The number of anilines is 2. The fourth-order valence-corrected chi connectivity index (χ4v) is 2.80. The normalized spacial score (nSPS) is 16.8. The monoisotopic (exact) mass is 312 g/mol. The highest BCUT2D eigenvalue weighted by Crippen LogP contribution is 2.34. The Morgan fingerprint density at radius 1 is 1.17 bits per heavy atom. The van der Waals surface area contributed by atoms with Crippen molar-refractivity contribution in [1.29, 1.82) is 0 Å². The van der Waals surface area contributed by atoms with Crippen LogP contribution in [0.2, 0.25) is 0 Å². The van der Waals surface area contributed by atoms with Crippen molar-refractivity contribution in [3.05, 3.63) is 54.1 Å². The molecule has 1 aliphatic heterocycles. The summed E-state index contributed by atoms with van der Waals surface area (Å²) in [6.45, 7) is 0.524. The van der Waals surface area contributed by atoms with E-state index in [1.807, 2.05) is 48.5 Å². The molecule has 3 N–H and O–H groups in total. The van der Waals surface area contributed by atoms with Crippen LogP contribution in [0, 0.1) is 0 Å². The van der Waals surface area contributed by atoms with Crippen LogP contribution in [0.3, 0.4) is 0 Å². The number of carbonyl (C=O) groups excluding carboxylic acids is 1. The van der Waals surface area contributed by atoms with Gasteiger partial charge < -0.3 is 20.5 Å². The quantitative estimate of drug-likeness (QED) is 0.828. The average Bonchev–Trinajstić information content (AvgIpc) is 2.55. The van der Waals surface area contributed by atoms with Crippen LogP contribution >= 0.6 is 0 Å². The van der Waals surface area contributed by atoms with Crippen LogP contribution in [0.1, 0.15) is 12.0 Å². The first-order valence-electron chi connectivity index (χ1n) is 7.71. The number of para-hydroxylation sites is 2. The topological polar surface area (TPSA) is 75.8 Å². The second-order valence-corrected chi connectivity index (χ2v) is 5.59. The summed E-state index contributed by atoms with van der Waals surface area (Å²) in [7, 11) is 0. The predicted molar refractivity (Wildman–Crippen MR) is 89.5 cm³/mol. The molecule has 3 rings (SSSR count). The van der Waals surface area contributed by atoms with Crippen molar-refractivity contribution in [2.75, 3.05) is 23.8 Å². The van der Waals surface area contributed by atoms with Gasteiger partial charge in [-0.2, -0.15) is 0 Å². The number of nitrogen functional groups attached to an aromatic ring is 1. The highest BCUT2D eigenvalue weighted by molar-refractivity contribution is 6.00. The molecule has 2 aromatic rings. The molecule has 5 nitrogen and oxygen atoms in total. The highest BCUT2D eigenvalue weighted by atomic mass is 16.5. The lowest BCUT2D eigenvalue weighted by molar-refractivity contribution is -0.126. The van der Waals surface area contributed by atoms with E-state index in [0.29, 0.717) is 30.8 Å². The maximum atomic E-state index is 12.8. The molecule has 0 bridgehead atoms. The van der Waals surface area contributed by atoms with Gasteiger partial charge in [-0.05, 0) is 36.2 Å². The molecule has 1 aliphatic rings. The largest absolute Gasteiger partial charge is 0.478 e. The summed E-state index contributed by atoms with van der Waals surface area (Å²) in [5, 5.41) is 9.08. The van der Waals surface area contributed by atoms with Crippen molar-refractivity contribution < 1.29 is 14.6 Å². The highest BCUT2D eigenvalue weighted by Gasteiger charge is 2.33. The fourth-order valence-electron chi connectivity index (χ4n) is 2.80. The van der Waals surface area contributed by atoms with Gasteiger partial charge in [0.15, 0.2) is 6.10 Å². The Kier molecular flexibility index (Phi) is 4.48. The third-order valence-electron chi connectivity index (χ3n) is 3.88. The van der Waals surface area contributed by atoms with Gasteiger partial charge in [0.05, 0.1) is 5.69 Å². The number of hydrogen-bond donors (Lipinski definition) is 2. The van der Waals surface area contributed by atoms with Crippen LogP contribution in [0.25, 0.3) is 0 Å². The van der Waals surface area contributed by atoms with Gasteiger partial charge in [0, 0.05) is 25.3 Å². The Morgan fingerprint density at radius 2 is 2.00 bits per heavy atom. The third kappa shape index (κ3) is 3.29. The smallest absolute Gasteiger partial charge is 0.268 e. The van der Waals surface area contributed by atoms with Crippen LogP contribution < -0.4 is 15.4 Å². The van der Waals surface area contributed by atoms with Crippen LogP contribution in [0.5, 0.6) is 5.75 Å². The summed E-state index contributed by atoms with van der Waals surface area (Å²) in [5.41, 5.74) is 8.20. The Hall–Kier alpha value is -2.53. The standard InChI is InChI=1S/C18H20N2O3/c19-14-6-3-5-13(11-14)12-17-18(22)20(9-4-10-21)15-7-1-2-8-16(15)23-17/h1-3,5-8,11,17,21H,4,9-10,12,19H2. The van der Waals surface area contributed by atoms with E-state index in [9.17, 15) is 4.79 Å². The Balaban J connectivity index is 1.86. The van der Waals surface area contributed by atoms with Crippen molar-refractivity contribution in [3.8, 4) is 5.75 Å². The molecule has 5 heteroatoms. The molecule has 0 spiro atoms. The molecule has 0 aromatic heterocycles.